The van der Waals surface area contributed by atoms with Crippen LogP contribution in [0.25, 0.3) is 10.6 Å². The number of rotatable bonds is 8. The number of alkyl halides is 3. The fraction of sp³-hybridized carbons (Fsp3) is 0.375. The van der Waals surface area contributed by atoms with Gasteiger partial charge in [0.05, 0.1) is 23.5 Å². The number of carbonyl (C=O) groups excluding carboxylic acids is 1. The molecule has 3 heterocycles. The van der Waals surface area contributed by atoms with Crippen LogP contribution < -0.4 is 4.72 Å². The number of carboxylic acids is 1. The molecule has 1 aliphatic carbocycles. The van der Waals surface area contributed by atoms with Crippen molar-refractivity contribution in [3.05, 3.63) is 59.9 Å². The van der Waals surface area contributed by atoms with Crippen LogP contribution in [0.2, 0.25) is 0 Å². The van der Waals surface area contributed by atoms with E-state index < -0.39 is 51.6 Å². The molecule has 2 fully saturated rings. The molecule has 2 N–H and O–H groups in total. The maximum atomic E-state index is 13.4. The molecular weight excluding hydrogens is 579 g/mol. The smallest absolute Gasteiger partial charge is 0.452 e. The summed E-state index contributed by atoms with van der Waals surface area (Å²) < 4.78 is 82.4. The van der Waals surface area contributed by atoms with E-state index in [9.17, 15) is 36.3 Å². The van der Waals surface area contributed by atoms with Gasteiger partial charge in [-0.2, -0.15) is 17.9 Å². The number of nitrogens with one attached hydrogen (secondary N) is 1. The number of aliphatic carboxylic acids is 1. The standard InChI is InChI=1S/C24H22F3N3O8S2/c25-24(26,27)18-12-16(28-38-18)17-6-7-19(39-17)40(34,35)29-23(20(31)32)13-22(23,15-4-2-1-3-5-15)14-37-21(33)30-8-10-36-11-9-30/h1-7,12,29H,8-11,13-14H2,(H,31,32). The number of carboxylic acid groups (broad SMARTS) is 1. The molecule has 2 atom stereocenters. The van der Waals surface area contributed by atoms with E-state index in [-0.39, 0.29) is 21.2 Å². The van der Waals surface area contributed by atoms with Gasteiger partial charge in [-0.25, -0.2) is 13.2 Å². The molecule has 0 radical (unpaired) electrons. The Bertz CT molecular complexity index is 1520. The molecule has 1 amide bonds. The predicted molar refractivity (Wildman–Crippen MR) is 132 cm³/mol. The molecule has 1 saturated heterocycles. The van der Waals surface area contributed by atoms with E-state index in [0.29, 0.717) is 49.3 Å². The van der Waals surface area contributed by atoms with Gasteiger partial charge in [0.15, 0.2) is 0 Å². The molecule has 11 nitrogen and oxygen atoms in total. The van der Waals surface area contributed by atoms with Crippen LogP contribution in [0.3, 0.4) is 0 Å². The van der Waals surface area contributed by atoms with E-state index >= 15 is 0 Å². The maximum Gasteiger partial charge on any atom is 0.452 e. The van der Waals surface area contributed by atoms with Gasteiger partial charge in [-0.15, -0.1) is 11.3 Å². The van der Waals surface area contributed by atoms with E-state index in [4.69, 9.17) is 9.47 Å². The van der Waals surface area contributed by atoms with Gasteiger partial charge in [-0.1, -0.05) is 35.5 Å². The molecule has 16 heteroatoms. The number of sulfonamides is 1. The van der Waals surface area contributed by atoms with E-state index in [1.807, 2.05) is 0 Å². The highest BCUT2D eigenvalue weighted by atomic mass is 32.2. The van der Waals surface area contributed by atoms with Crippen molar-refractivity contribution in [2.24, 2.45) is 0 Å². The van der Waals surface area contributed by atoms with Gasteiger partial charge in [-0.3, -0.25) is 4.79 Å². The van der Waals surface area contributed by atoms with Crippen molar-refractivity contribution >= 4 is 33.4 Å². The van der Waals surface area contributed by atoms with Gasteiger partial charge in [0.1, 0.15) is 22.0 Å². The van der Waals surface area contributed by atoms with Crippen LogP contribution in [0.15, 0.2) is 57.3 Å². The summed E-state index contributed by atoms with van der Waals surface area (Å²) in [5.74, 6) is -2.83. The third-order valence-corrected chi connectivity index (χ3v) is 9.95. The van der Waals surface area contributed by atoms with E-state index in [2.05, 4.69) is 14.4 Å². The van der Waals surface area contributed by atoms with Gasteiger partial charge < -0.3 is 24.0 Å². The molecule has 3 aromatic rings. The van der Waals surface area contributed by atoms with Crippen molar-refractivity contribution < 1.29 is 50.3 Å². The third kappa shape index (κ3) is 5.07. The first-order valence-corrected chi connectivity index (χ1v) is 14.1. The van der Waals surface area contributed by atoms with Gasteiger partial charge in [0.2, 0.25) is 5.76 Å². The van der Waals surface area contributed by atoms with Crippen molar-refractivity contribution in [3.63, 3.8) is 0 Å². The molecule has 5 rings (SSSR count). The lowest BCUT2D eigenvalue weighted by molar-refractivity contribution is -0.155. The maximum absolute atomic E-state index is 13.4. The predicted octanol–water partition coefficient (Wildman–Crippen LogP) is 3.33. The van der Waals surface area contributed by atoms with Gasteiger partial charge >= 0.3 is 18.2 Å². The molecule has 40 heavy (non-hydrogen) atoms. The number of halogens is 3. The minimum absolute atomic E-state index is 0.0635. The quantitative estimate of drug-likeness (QED) is 0.397. The molecule has 0 spiro atoms. The Balaban J connectivity index is 1.42. The minimum atomic E-state index is -4.77. The SMILES string of the molecule is O=C(OCC1(c2ccccc2)CC1(NS(=O)(=O)c1ccc(-c2cc(C(F)(F)F)on2)s1)C(=O)O)N1CCOCC1. The van der Waals surface area contributed by atoms with Crippen LogP contribution in [-0.4, -0.2) is 74.1 Å². The third-order valence-electron chi connectivity index (χ3n) is 6.86. The lowest BCUT2D eigenvalue weighted by Gasteiger charge is -2.28. The van der Waals surface area contributed by atoms with Crippen LogP contribution >= 0.6 is 11.3 Å². The summed E-state index contributed by atoms with van der Waals surface area (Å²) in [5, 5.41) is 13.6. The molecular formula is C24H22F3N3O8S2. The number of morpholine rings is 1. The summed E-state index contributed by atoms with van der Waals surface area (Å²) in [6.07, 6.45) is -5.67. The fourth-order valence-corrected chi connectivity index (χ4v) is 7.34. The second kappa shape index (κ2) is 10.2. The second-order valence-electron chi connectivity index (χ2n) is 9.29. The first-order valence-electron chi connectivity index (χ1n) is 11.8. The summed E-state index contributed by atoms with van der Waals surface area (Å²) in [6, 6.07) is 11.3. The molecule has 1 saturated carbocycles. The van der Waals surface area contributed by atoms with Crippen LogP contribution in [-0.2, 0) is 35.9 Å². The summed E-state index contributed by atoms with van der Waals surface area (Å²) >= 11 is 0.593. The fourth-order valence-electron chi connectivity index (χ4n) is 4.66. The Kier molecular flexibility index (Phi) is 7.14. The Morgan fingerprint density at radius 2 is 1.85 bits per heavy atom. The minimum Gasteiger partial charge on any atom is -0.480 e. The molecule has 0 bridgehead atoms. The lowest BCUT2D eigenvalue weighted by atomic mass is 9.91. The number of nitrogens with zero attached hydrogens (tertiary/aromatic N) is 2. The average Bonchev–Trinajstić information content (AvgIpc) is 3.30. The van der Waals surface area contributed by atoms with Crippen molar-refractivity contribution in [2.75, 3.05) is 32.9 Å². The van der Waals surface area contributed by atoms with Crippen molar-refractivity contribution in [1.82, 2.24) is 14.8 Å². The summed E-state index contributed by atoms with van der Waals surface area (Å²) in [4.78, 5) is 26.8. The number of ether oxygens (including phenoxy) is 2. The molecule has 1 aliphatic heterocycles. The lowest BCUT2D eigenvalue weighted by Crippen LogP contribution is -2.50. The topological polar surface area (TPSA) is 148 Å². The van der Waals surface area contributed by atoms with Gasteiger partial charge in [0.25, 0.3) is 10.0 Å². The highest BCUT2D eigenvalue weighted by molar-refractivity contribution is 7.91. The van der Waals surface area contributed by atoms with E-state index in [0.717, 1.165) is 6.07 Å². The first-order chi connectivity index (χ1) is 18.9. The zero-order valence-corrected chi connectivity index (χ0v) is 22.1. The highest BCUT2D eigenvalue weighted by Gasteiger charge is 2.75. The van der Waals surface area contributed by atoms with Crippen molar-refractivity contribution in [2.45, 2.75) is 27.8 Å². The summed E-state index contributed by atoms with van der Waals surface area (Å²) in [6.45, 7) is 0.824. The second-order valence-corrected chi connectivity index (χ2v) is 12.3. The zero-order valence-electron chi connectivity index (χ0n) is 20.5. The number of hydrogen-bond acceptors (Lipinski definition) is 9. The van der Waals surface area contributed by atoms with Crippen molar-refractivity contribution in [3.8, 4) is 10.6 Å². The highest BCUT2D eigenvalue weighted by Crippen LogP contribution is 2.59. The van der Waals surface area contributed by atoms with Gasteiger partial charge in [0, 0.05) is 19.2 Å². The summed E-state index contributed by atoms with van der Waals surface area (Å²) in [5.41, 5.74) is -3.28. The van der Waals surface area contributed by atoms with E-state index in [1.54, 1.807) is 30.3 Å². The van der Waals surface area contributed by atoms with Crippen LogP contribution in [0.4, 0.5) is 18.0 Å². The number of benzene rings is 1. The Labute approximate surface area is 229 Å². The molecule has 2 aromatic heterocycles. The van der Waals surface area contributed by atoms with E-state index in [1.165, 1.54) is 11.0 Å². The molecule has 2 aliphatic rings. The average molecular weight is 602 g/mol. The number of amides is 1. The monoisotopic (exact) mass is 601 g/mol. The number of carbonyl (C=O) groups is 2. The van der Waals surface area contributed by atoms with Crippen LogP contribution in [0.1, 0.15) is 17.7 Å². The number of hydrogen-bond donors (Lipinski definition) is 2. The number of aromatic nitrogens is 1. The molecule has 2 unspecified atom stereocenters. The zero-order chi connectivity index (χ0) is 28.8. The normalized spacial score (nSPS) is 23.1. The van der Waals surface area contributed by atoms with Gasteiger partial charge in [-0.05, 0) is 24.1 Å². The Hall–Kier alpha value is -3.47. The first kappa shape index (κ1) is 28.1. The summed E-state index contributed by atoms with van der Waals surface area (Å²) in [7, 11) is -4.51. The number of thiophene rings is 1. The molecule has 1 aromatic carbocycles. The molecule has 214 valence electrons. The Morgan fingerprint density at radius 3 is 2.48 bits per heavy atom. The Morgan fingerprint density at radius 1 is 1.15 bits per heavy atom. The van der Waals surface area contributed by atoms with Crippen molar-refractivity contribution in [1.29, 1.82) is 0 Å². The largest absolute Gasteiger partial charge is 0.480 e. The van der Waals surface area contributed by atoms with Crippen LogP contribution in [0.5, 0.6) is 0 Å². The van der Waals surface area contributed by atoms with Crippen LogP contribution in [0, 0.1) is 0 Å².